The van der Waals surface area contributed by atoms with E-state index in [-0.39, 0.29) is 6.04 Å². The molecule has 1 fully saturated rings. The van der Waals surface area contributed by atoms with Gasteiger partial charge in [0.15, 0.2) is 0 Å². The molecule has 1 saturated heterocycles. The van der Waals surface area contributed by atoms with Crippen molar-refractivity contribution in [3.63, 3.8) is 0 Å². The Morgan fingerprint density at radius 1 is 1.19 bits per heavy atom. The average molecular weight is 297 g/mol. The van der Waals surface area contributed by atoms with Gasteiger partial charge in [-0.3, -0.25) is 9.69 Å². The Morgan fingerprint density at radius 2 is 1.71 bits per heavy atom. The van der Waals surface area contributed by atoms with Crippen molar-refractivity contribution in [2.24, 2.45) is 11.7 Å². The second kappa shape index (κ2) is 10.2. The molecule has 0 aromatic heterocycles. The van der Waals surface area contributed by atoms with Gasteiger partial charge in [-0.1, -0.05) is 26.7 Å². The van der Waals surface area contributed by atoms with Crippen molar-refractivity contribution >= 4 is 5.91 Å². The molecule has 0 bridgehead atoms. The quantitative estimate of drug-likeness (QED) is 0.711. The summed E-state index contributed by atoms with van der Waals surface area (Å²) in [6.07, 6.45) is 6.79. The van der Waals surface area contributed by atoms with E-state index >= 15 is 0 Å². The Morgan fingerprint density at radius 3 is 2.14 bits per heavy atom. The highest BCUT2D eigenvalue weighted by atomic mass is 16.2. The fraction of sp³-hybridized carbons (Fsp3) is 0.941. The van der Waals surface area contributed by atoms with Crippen LogP contribution in [-0.2, 0) is 4.79 Å². The number of carbonyl (C=O) groups excluding carboxylic acids is 1. The Balaban J connectivity index is 2.38. The van der Waals surface area contributed by atoms with E-state index in [1.165, 1.54) is 0 Å². The van der Waals surface area contributed by atoms with Gasteiger partial charge in [0.1, 0.15) is 0 Å². The highest BCUT2D eigenvalue weighted by molar-refractivity contribution is 5.78. The first-order valence-electron chi connectivity index (χ1n) is 8.84. The molecule has 0 spiro atoms. The van der Waals surface area contributed by atoms with Crippen molar-refractivity contribution in [1.29, 1.82) is 0 Å². The molecule has 0 aliphatic carbocycles. The molecule has 4 nitrogen and oxygen atoms in total. The SMILES string of the molecule is CCCCN(CCCC)C(=O)CN1CCC(C(C)N)CC1. The van der Waals surface area contributed by atoms with Gasteiger partial charge in [-0.05, 0) is 51.6 Å². The fourth-order valence-electron chi connectivity index (χ4n) is 2.99. The molecule has 2 N–H and O–H groups in total. The molecule has 0 aromatic rings. The van der Waals surface area contributed by atoms with E-state index in [4.69, 9.17) is 5.73 Å². The molecule has 0 radical (unpaired) electrons. The number of nitrogens with two attached hydrogens (primary N) is 1. The zero-order valence-electron chi connectivity index (χ0n) is 14.3. The number of rotatable bonds is 9. The van der Waals surface area contributed by atoms with Crippen molar-refractivity contribution in [1.82, 2.24) is 9.80 Å². The first-order valence-corrected chi connectivity index (χ1v) is 8.84. The highest BCUT2D eigenvalue weighted by Crippen LogP contribution is 2.19. The zero-order valence-corrected chi connectivity index (χ0v) is 14.3. The molecular formula is C17H35N3O. The van der Waals surface area contributed by atoms with Crippen molar-refractivity contribution in [2.75, 3.05) is 32.7 Å². The van der Waals surface area contributed by atoms with Crippen LogP contribution in [0.25, 0.3) is 0 Å². The predicted molar refractivity (Wildman–Crippen MR) is 89.2 cm³/mol. The lowest BCUT2D eigenvalue weighted by atomic mass is 9.91. The molecule has 1 amide bonds. The molecule has 1 atom stereocenters. The van der Waals surface area contributed by atoms with E-state index in [1.807, 2.05) is 0 Å². The van der Waals surface area contributed by atoms with Gasteiger partial charge in [0, 0.05) is 19.1 Å². The summed E-state index contributed by atoms with van der Waals surface area (Å²) in [5.74, 6) is 0.948. The van der Waals surface area contributed by atoms with Crippen LogP contribution in [0.3, 0.4) is 0 Å². The smallest absolute Gasteiger partial charge is 0.236 e. The first-order chi connectivity index (χ1) is 10.1. The van der Waals surface area contributed by atoms with Gasteiger partial charge in [0.05, 0.1) is 6.54 Å². The Bertz CT molecular complexity index is 278. The van der Waals surface area contributed by atoms with Crippen LogP contribution in [0.2, 0.25) is 0 Å². The van der Waals surface area contributed by atoms with E-state index in [0.717, 1.165) is 64.7 Å². The maximum Gasteiger partial charge on any atom is 0.236 e. The van der Waals surface area contributed by atoms with Crippen LogP contribution in [0, 0.1) is 5.92 Å². The lowest BCUT2D eigenvalue weighted by Crippen LogP contribution is -2.45. The predicted octanol–water partition coefficient (Wildman–Crippen LogP) is 2.47. The van der Waals surface area contributed by atoms with Crippen LogP contribution in [0.5, 0.6) is 0 Å². The van der Waals surface area contributed by atoms with Crippen molar-refractivity contribution < 1.29 is 4.79 Å². The van der Waals surface area contributed by atoms with Crippen LogP contribution >= 0.6 is 0 Å². The van der Waals surface area contributed by atoms with Gasteiger partial charge in [0.2, 0.25) is 5.91 Å². The molecule has 1 rings (SSSR count). The maximum atomic E-state index is 12.5. The molecular weight excluding hydrogens is 262 g/mol. The van der Waals surface area contributed by atoms with Gasteiger partial charge in [0.25, 0.3) is 0 Å². The first kappa shape index (κ1) is 18.4. The number of piperidine rings is 1. The molecule has 1 aliphatic rings. The van der Waals surface area contributed by atoms with E-state index in [9.17, 15) is 4.79 Å². The molecule has 0 saturated carbocycles. The van der Waals surface area contributed by atoms with Gasteiger partial charge in [-0.2, -0.15) is 0 Å². The largest absolute Gasteiger partial charge is 0.342 e. The zero-order chi connectivity index (χ0) is 15.7. The summed E-state index contributed by atoms with van der Waals surface area (Å²) in [5, 5.41) is 0. The molecule has 1 unspecified atom stereocenters. The summed E-state index contributed by atoms with van der Waals surface area (Å²) >= 11 is 0. The topological polar surface area (TPSA) is 49.6 Å². The minimum absolute atomic E-state index is 0.286. The molecule has 21 heavy (non-hydrogen) atoms. The fourth-order valence-corrected chi connectivity index (χ4v) is 2.99. The maximum absolute atomic E-state index is 12.5. The van der Waals surface area contributed by atoms with Crippen LogP contribution in [0.1, 0.15) is 59.3 Å². The van der Waals surface area contributed by atoms with Crippen LogP contribution in [0.15, 0.2) is 0 Å². The van der Waals surface area contributed by atoms with E-state index < -0.39 is 0 Å². The molecule has 0 aromatic carbocycles. The van der Waals surface area contributed by atoms with Crippen molar-refractivity contribution in [3.05, 3.63) is 0 Å². The second-order valence-electron chi connectivity index (χ2n) is 6.56. The summed E-state index contributed by atoms with van der Waals surface area (Å²) in [4.78, 5) is 16.9. The number of unbranched alkanes of at least 4 members (excludes halogenated alkanes) is 2. The molecule has 1 heterocycles. The van der Waals surface area contributed by atoms with Gasteiger partial charge in [-0.25, -0.2) is 0 Å². The number of amides is 1. The summed E-state index contributed by atoms with van der Waals surface area (Å²) in [7, 11) is 0. The van der Waals surface area contributed by atoms with Gasteiger partial charge < -0.3 is 10.6 Å². The monoisotopic (exact) mass is 297 g/mol. The van der Waals surface area contributed by atoms with Crippen molar-refractivity contribution in [3.8, 4) is 0 Å². The van der Waals surface area contributed by atoms with Crippen LogP contribution in [0.4, 0.5) is 0 Å². The number of hydrogen-bond donors (Lipinski definition) is 1. The van der Waals surface area contributed by atoms with Crippen molar-refractivity contribution in [2.45, 2.75) is 65.3 Å². The van der Waals surface area contributed by atoms with E-state index in [0.29, 0.717) is 18.4 Å². The Kier molecular flexibility index (Phi) is 8.93. The highest BCUT2D eigenvalue weighted by Gasteiger charge is 2.24. The lowest BCUT2D eigenvalue weighted by molar-refractivity contribution is -0.133. The molecule has 1 aliphatic heterocycles. The number of nitrogens with zero attached hydrogens (tertiary/aromatic N) is 2. The third-order valence-corrected chi connectivity index (χ3v) is 4.65. The Labute approximate surface area is 131 Å². The van der Waals surface area contributed by atoms with E-state index in [1.54, 1.807) is 0 Å². The standard InChI is InChI=1S/C17H35N3O/c1-4-6-10-20(11-7-5-2)17(21)14-19-12-8-16(9-13-19)15(3)18/h15-16H,4-14,18H2,1-3H3. The van der Waals surface area contributed by atoms with Crippen LogP contribution < -0.4 is 5.73 Å². The minimum Gasteiger partial charge on any atom is -0.342 e. The van der Waals surface area contributed by atoms with Gasteiger partial charge in [-0.15, -0.1) is 0 Å². The third kappa shape index (κ3) is 6.79. The summed E-state index contributed by atoms with van der Waals surface area (Å²) in [5.41, 5.74) is 5.98. The second-order valence-corrected chi connectivity index (χ2v) is 6.56. The normalized spacial score (nSPS) is 18.7. The third-order valence-electron chi connectivity index (χ3n) is 4.65. The number of hydrogen-bond acceptors (Lipinski definition) is 3. The summed E-state index contributed by atoms with van der Waals surface area (Å²) in [6.45, 7) is 10.9. The minimum atomic E-state index is 0.286. The lowest BCUT2D eigenvalue weighted by Gasteiger charge is -2.34. The Hall–Kier alpha value is -0.610. The number of likely N-dealkylation sites (tertiary alicyclic amines) is 1. The summed E-state index contributed by atoms with van der Waals surface area (Å²) in [6, 6.07) is 0.286. The molecule has 124 valence electrons. The summed E-state index contributed by atoms with van der Waals surface area (Å²) < 4.78 is 0. The van der Waals surface area contributed by atoms with Gasteiger partial charge >= 0.3 is 0 Å². The average Bonchev–Trinajstić information content (AvgIpc) is 2.47. The molecule has 4 heteroatoms. The van der Waals surface area contributed by atoms with E-state index in [2.05, 4.69) is 30.6 Å². The van der Waals surface area contributed by atoms with Crippen LogP contribution in [-0.4, -0.2) is 54.5 Å². The number of carbonyl (C=O) groups is 1.